The van der Waals surface area contributed by atoms with E-state index in [1.807, 2.05) is 13.8 Å². The van der Waals surface area contributed by atoms with Gasteiger partial charge in [0.05, 0.1) is 0 Å². The highest BCUT2D eigenvalue weighted by molar-refractivity contribution is 5.48. The van der Waals surface area contributed by atoms with Gasteiger partial charge < -0.3 is 15.8 Å². The number of aryl methyl sites for hydroxylation is 1. The number of aliphatic hydroxyl groups excluding tert-OH is 1. The van der Waals surface area contributed by atoms with Crippen LogP contribution in [-0.2, 0) is 6.42 Å². The predicted molar refractivity (Wildman–Crippen MR) is 73.2 cm³/mol. The molecule has 0 unspecified atom stereocenters. The lowest BCUT2D eigenvalue weighted by Gasteiger charge is -2.26. The van der Waals surface area contributed by atoms with Crippen molar-refractivity contribution in [1.29, 1.82) is 0 Å². The van der Waals surface area contributed by atoms with Gasteiger partial charge in [-0.3, -0.25) is 0 Å². The van der Waals surface area contributed by atoms with Gasteiger partial charge in [0.1, 0.15) is 17.5 Å². The zero-order valence-corrected chi connectivity index (χ0v) is 11.3. The predicted octanol–water partition coefficient (Wildman–Crippen LogP) is 1.29. The average Bonchev–Trinajstić information content (AvgIpc) is 2.28. The number of hydrazine groups is 1. The molecule has 6 nitrogen and oxygen atoms in total. The second kappa shape index (κ2) is 6.51. The van der Waals surface area contributed by atoms with Crippen molar-refractivity contribution in [1.82, 2.24) is 9.97 Å². The maximum atomic E-state index is 9.01. The number of nitrogens with zero attached hydrogens (tertiary/aromatic N) is 2. The Morgan fingerprint density at radius 3 is 2.56 bits per heavy atom. The molecule has 0 aromatic carbocycles. The topological polar surface area (TPSA) is 96.1 Å². The number of rotatable bonds is 7. The van der Waals surface area contributed by atoms with Crippen molar-refractivity contribution in [3.63, 3.8) is 0 Å². The molecule has 0 aliphatic carbocycles. The highest BCUT2D eigenvalue weighted by Crippen LogP contribution is 2.18. The van der Waals surface area contributed by atoms with Crippen molar-refractivity contribution < 1.29 is 5.11 Å². The summed E-state index contributed by atoms with van der Waals surface area (Å²) < 4.78 is 0. The number of aliphatic hydroxyl groups is 1. The Kier molecular flexibility index (Phi) is 5.30. The van der Waals surface area contributed by atoms with Gasteiger partial charge in [-0.05, 0) is 26.7 Å². The number of aromatic nitrogens is 2. The summed E-state index contributed by atoms with van der Waals surface area (Å²) in [6, 6.07) is 1.76. The van der Waals surface area contributed by atoms with E-state index in [1.54, 1.807) is 6.07 Å². The van der Waals surface area contributed by atoms with Crippen molar-refractivity contribution in [3.8, 4) is 0 Å². The smallest absolute Gasteiger partial charge is 0.145 e. The minimum absolute atomic E-state index is 0.134. The summed E-state index contributed by atoms with van der Waals surface area (Å²) in [6.07, 6.45) is 2.43. The zero-order valence-electron chi connectivity index (χ0n) is 11.3. The lowest BCUT2D eigenvalue weighted by atomic mass is 10.0. The van der Waals surface area contributed by atoms with E-state index < -0.39 is 0 Å². The Morgan fingerprint density at radius 1 is 1.33 bits per heavy atom. The summed E-state index contributed by atoms with van der Waals surface area (Å²) in [6.45, 7) is 6.24. The Morgan fingerprint density at radius 2 is 2.00 bits per heavy atom. The Balaban J connectivity index is 2.90. The summed E-state index contributed by atoms with van der Waals surface area (Å²) in [5.41, 5.74) is 2.32. The molecule has 0 aliphatic rings. The summed E-state index contributed by atoms with van der Waals surface area (Å²) in [4.78, 5) is 8.72. The van der Waals surface area contributed by atoms with Gasteiger partial charge in [-0.25, -0.2) is 15.8 Å². The third-order valence-corrected chi connectivity index (χ3v) is 2.60. The van der Waals surface area contributed by atoms with Crippen molar-refractivity contribution in [2.45, 2.75) is 45.6 Å². The Labute approximate surface area is 108 Å². The molecule has 0 radical (unpaired) electrons. The maximum absolute atomic E-state index is 9.01. The van der Waals surface area contributed by atoms with E-state index in [4.69, 9.17) is 10.9 Å². The van der Waals surface area contributed by atoms with Crippen LogP contribution < -0.4 is 16.6 Å². The zero-order chi connectivity index (χ0) is 13.6. The van der Waals surface area contributed by atoms with Crippen LogP contribution in [0, 0.1) is 0 Å². The molecule has 0 spiro atoms. The second-order valence-electron chi connectivity index (χ2n) is 4.93. The van der Waals surface area contributed by atoms with Crippen LogP contribution in [0.1, 0.15) is 39.4 Å². The number of nitrogen functional groups attached to an aromatic ring is 1. The minimum atomic E-state index is -0.224. The second-order valence-corrected chi connectivity index (χ2v) is 4.93. The van der Waals surface area contributed by atoms with Crippen LogP contribution in [0.15, 0.2) is 6.07 Å². The monoisotopic (exact) mass is 253 g/mol. The van der Waals surface area contributed by atoms with Crippen molar-refractivity contribution in [2.75, 3.05) is 17.3 Å². The Hall–Kier alpha value is -1.40. The molecule has 6 heteroatoms. The number of hydrogen-bond donors (Lipinski definition) is 4. The van der Waals surface area contributed by atoms with E-state index in [-0.39, 0.29) is 12.1 Å². The van der Waals surface area contributed by atoms with Gasteiger partial charge in [-0.15, -0.1) is 0 Å². The minimum Gasteiger partial charge on any atom is -0.396 e. The molecule has 0 atom stereocenters. The first-order valence-corrected chi connectivity index (χ1v) is 6.24. The molecule has 102 valence electrons. The average molecular weight is 253 g/mol. The molecule has 1 heterocycles. The molecule has 0 aliphatic heterocycles. The fourth-order valence-corrected chi connectivity index (χ4v) is 1.66. The molecule has 0 saturated carbocycles. The van der Waals surface area contributed by atoms with Gasteiger partial charge in [0.2, 0.25) is 0 Å². The van der Waals surface area contributed by atoms with Crippen LogP contribution in [0.2, 0.25) is 0 Å². The van der Waals surface area contributed by atoms with Crippen molar-refractivity contribution >= 4 is 11.6 Å². The lowest BCUT2D eigenvalue weighted by molar-refractivity contribution is 0.260. The summed E-state index contributed by atoms with van der Waals surface area (Å²) in [5, 5.41) is 12.3. The third-order valence-electron chi connectivity index (χ3n) is 2.60. The first-order chi connectivity index (χ1) is 8.50. The maximum Gasteiger partial charge on any atom is 0.145 e. The quantitative estimate of drug-likeness (QED) is 0.432. The van der Waals surface area contributed by atoms with Crippen LogP contribution in [0.5, 0.6) is 0 Å². The van der Waals surface area contributed by atoms with Crippen LogP contribution in [0.3, 0.4) is 0 Å². The van der Waals surface area contributed by atoms with Gasteiger partial charge in [-0.2, -0.15) is 0 Å². The molecular weight excluding hydrogens is 230 g/mol. The number of hydrogen-bond acceptors (Lipinski definition) is 6. The van der Waals surface area contributed by atoms with Crippen LogP contribution >= 0.6 is 0 Å². The first kappa shape index (κ1) is 14.7. The fourth-order valence-electron chi connectivity index (χ4n) is 1.66. The largest absolute Gasteiger partial charge is 0.396 e. The van der Waals surface area contributed by atoms with E-state index >= 15 is 0 Å². The molecule has 5 N–H and O–H groups in total. The van der Waals surface area contributed by atoms with Gasteiger partial charge >= 0.3 is 0 Å². The highest BCUT2D eigenvalue weighted by Gasteiger charge is 2.17. The first-order valence-electron chi connectivity index (χ1n) is 6.24. The van der Waals surface area contributed by atoms with Crippen molar-refractivity contribution in [2.24, 2.45) is 5.84 Å². The summed E-state index contributed by atoms with van der Waals surface area (Å²) >= 11 is 0. The third kappa shape index (κ3) is 4.46. The molecule has 0 amide bonds. The van der Waals surface area contributed by atoms with Gasteiger partial charge in [-0.1, -0.05) is 6.92 Å². The van der Waals surface area contributed by atoms with E-state index in [2.05, 4.69) is 27.6 Å². The van der Waals surface area contributed by atoms with Gasteiger partial charge in [0, 0.05) is 24.6 Å². The van der Waals surface area contributed by atoms with Gasteiger partial charge in [0.15, 0.2) is 0 Å². The summed E-state index contributed by atoms with van der Waals surface area (Å²) in [7, 11) is 0. The standard InChI is InChI=1S/C12H23N5O/c1-4-5-9-14-10(8-11(15-9)17-13)16-12(2,3)6-7-18/h8,18H,4-7,13H2,1-3H3,(H2,14,15,16,17). The number of nitrogens with one attached hydrogen (secondary N) is 2. The highest BCUT2D eigenvalue weighted by atomic mass is 16.3. The molecule has 18 heavy (non-hydrogen) atoms. The van der Waals surface area contributed by atoms with E-state index in [1.165, 1.54) is 0 Å². The molecule has 0 fully saturated rings. The SMILES string of the molecule is CCCc1nc(NN)cc(NC(C)(C)CCO)n1. The molecule has 1 rings (SSSR count). The van der Waals surface area contributed by atoms with Crippen LogP contribution in [-0.4, -0.2) is 27.2 Å². The molecule has 1 aromatic rings. The summed E-state index contributed by atoms with van der Waals surface area (Å²) in [5.74, 6) is 7.47. The molecular formula is C12H23N5O. The normalized spacial score (nSPS) is 11.4. The lowest BCUT2D eigenvalue weighted by Crippen LogP contribution is -2.32. The number of nitrogens with two attached hydrogens (primary N) is 1. The fraction of sp³-hybridized carbons (Fsp3) is 0.667. The van der Waals surface area contributed by atoms with Crippen LogP contribution in [0.25, 0.3) is 0 Å². The Bertz CT molecular complexity index is 381. The van der Waals surface area contributed by atoms with Gasteiger partial charge in [0.25, 0.3) is 0 Å². The molecule has 1 aromatic heterocycles. The van der Waals surface area contributed by atoms with E-state index in [9.17, 15) is 0 Å². The molecule has 0 bridgehead atoms. The van der Waals surface area contributed by atoms with E-state index in [0.29, 0.717) is 12.2 Å². The molecule has 0 saturated heterocycles. The van der Waals surface area contributed by atoms with E-state index in [0.717, 1.165) is 24.5 Å². The number of anilines is 2. The van der Waals surface area contributed by atoms with Crippen molar-refractivity contribution in [3.05, 3.63) is 11.9 Å². The van der Waals surface area contributed by atoms with Crippen LogP contribution in [0.4, 0.5) is 11.6 Å².